The first-order valence-corrected chi connectivity index (χ1v) is 14.6. The summed E-state index contributed by atoms with van der Waals surface area (Å²) in [6, 6.07) is 14.4. The lowest BCUT2D eigenvalue weighted by Gasteiger charge is -2.25. The third-order valence-corrected chi connectivity index (χ3v) is 8.71. The molecule has 1 N–H and O–H groups in total. The van der Waals surface area contributed by atoms with Gasteiger partial charge in [0.15, 0.2) is 11.5 Å². The van der Waals surface area contributed by atoms with Gasteiger partial charge in [0.25, 0.3) is 10.0 Å². The maximum atomic E-state index is 13.6. The molecule has 1 aliphatic heterocycles. The number of nitrogens with zero attached hydrogens (tertiary/aromatic N) is 1. The summed E-state index contributed by atoms with van der Waals surface area (Å²) in [4.78, 5) is 12.7. The van der Waals surface area contributed by atoms with Crippen molar-refractivity contribution in [2.45, 2.75) is 10.6 Å². The number of fused-ring (bicyclic) bond motifs is 1. The summed E-state index contributed by atoms with van der Waals surface area (Å²) in [5, 5.41) is 3.87. The van der Waals surface area contributed by atoms with E-state index in [4.69, 9.17) is 32.7 Å². The highest BCUT2D eigenvalue weighted by Crippen LogP contribution is 2.34. The van der Waals surface area contributed by atoms with Crippen molar-refractivity contribution in [3.63, 3.8) is 0 Å². The Labute approximate surface area is 228 Å². The molecule has 3 aromatic rings. The van der Waals surface area contributed by atoms with Crippen molar-refractivity contribution in [2.24, 2.45) is 0 Å². The zero-order valence-corrected chi connectivity index (χ0v) is 22.6. The van der Waals surface area contributed by atoms with Crippen LogP contribution in [0.2, 0.25) is 10.0 Å². The maximum absolute atomic E-state index is 13.6. The third kappa shape index (κ3) is 7.01. The molecule has 0 saturated heterocycles. The molecule has 37 heavy (non-hydrogen) atoms. The van der Waals surface area contributed by atoms with Crippen molar-refractivity contribution >= 4 is 56.6 Å². The van der Waals surface area contributed by atoms with E-state index in [9.17, 15) is 17.6 Å². The van der Waals surface area contributed by atoms with Crippen LogP contribution in [0.25, 0.3) is 0 Å². The summed E-state index contributed by atoms with van der Waals surface area (Å²) in [6.45, 7) is 0.487. The average Bonchev–Trinajstić information content (AvgIpc) is 2.88. The van der Waals surface area contributed by atoms with Crippen molar-refractivity contribution < 1.29 is 27.1 Å². The second-order valence-electron chi connectivity index (χ2n) is 7.93. The van der Waals surface area contributed by atoms with Gasteiger partial charge in [-0.15, -0.1) is 0 Å². The Morgan fingerprint density at radius 3 is 2.46 bits per heavy atom. The normalized spacial score (nSPS) is 12.7. The zero-order chi connectivity index (χ0) is 26.4. The van der Waals surface area contributed by atoms with E-state index >= 15 is 0 Å². The standard InChI is InChI=1S/C25H23Cl2FN2O5S2/c26-18-2-1-17(22(27)13-18)16-36-12-9-29-25(31)15-30(20-5-3-19(28)4-6-20)37(32,33)21-7-8-23-24(14-21)35-11-10-34-23/h1-8,13-14H,9-12,15-16H2,(H,29,31). The second kappa shape index (κ2) is 12.3. The number of ether oxygens (including phenoxy) is 2. The Bertz CT molecular complexity index is 1370. The first-order valence-electron chi connectivity index (χ1n) is 11.2. The molecule has 0 spiro atoms. The number of sulfonamides is 1. The molecule has 0 aliphatic carbocycles. The van der Waals surface area contributed by atoms with E-state index < -0.39 is 28.3 Å². The number of halogens is 3. The second-order valence-corrected chi connectivity index (χ2v) is 11.7. The van der Waals surface area contributed by atoms with E-state index in [0.717, 1.165) is 22.0 Å². The van der Waals surface area contributed by atoms with Gasteiger partial charge in [-0.05, 0) is 54.1 Å². The van der Waals surface area contributed by atoms with Crippen LogP contribution in [-0.2, 0) is 20.6 Å². The highest BCUT2D eigenvalue weighted by Gasteiger charge is 2.29. The molecule has 1 aliphatic rings. The Morgan fingerprint density at radius 2 is 1.73 bits per heavy atom. The lowest BCUT2D eigenvalue weighted by Crippen LogP contribution is -2.41. The minimum atomic E-state index is -4.19. The quantitative estimate of drug-likeness (QED) is 0.332. The molecule has 7 nitrogen and oxygen atoms in total. The van der Waals surface area contributed by atoms with E-state index in [-0.39, 0.29) is 10.6 Å². The van der Waals surface area contributed by atoms with Crippen molar-refractivity contribution in [1.82, 2.24) is 5.32 Å². The number of hydrogen-bond donors (Lipinski definition) is 1. The van der Waals surface area contributed by atoms with Crippen LogP contribution in [0.1, 0.15) is 5.56 Å². The molecule has 12 heteroatoms. The van der Waals surface area contributed by atoms with Crippen molar-refractivity contribution in [1.29, 1.82) is 0 Å². The number of hydrogen-bond acceptors (Lipinski definition) is 6. The highest BCUT2D eigenvalue weighted by molar-refractivity contribution is 7.98. The van der Waals surface area contributed by atoms with E-state index in [1.807, 2.05) is 6.07 Å². The van der Waals surface area contributed by atoms with Crippen LogP contribution in [0.4, 0.5) is 10.1 Å². The Hall–Kier alpha value is -2.66. The predicted octanol–water partition coefficient (Wildman–Crippen LogP) is 5.15. The summed E-state index contributed by atoms with van der Waals surface area (Å²) in [5.74, 6) is 0.919. The fourth-order valence-corrected chi connectivity index (χ4v) is 6.36. The summed E-state index contributed by atoms with van der Waals surface area (Å²) in [6.07, 6.45) is 0. The molecule has 0 bridgehead atoms. The fourth-order valence-electron chi connectivity index (χ4n) is 3.50. The van der Waals surface area contributed by atoms with Crippen molar-refractivity contribution in [3.8, 4) is 11.5 Å². The smallest absolute Gasteiger partial charge is 0.264 e. The largest absolute Gasteiger partial charge is 0.486 e. The van der Waals surface area contributed by atoms with Gasteiger partial charge in [0.05, 0.1) is 10.6 Å². The maximum Gasteiger partial charge on any atom is 0.264 e. The number of rotatable bonds is 10. The van der Waals surface area contributed by atoms with E-state index in [1.54, 1.807) is 23.9 Å². The molecule has 1 amide bonds. The van der Waals surface area contributed by atoms with Crippen molar-refractivity contribution in [2.75, 3.05) is 36.4 Å². The van der Waals surface area contributed by atoms with Gasteiger partial charge < -0.3 is 14.8 Å². The van der Waals surface area contributed by atoms with Crippen molar-refractivity contribution in [3.05, 3.63) is 82.1 Å². The molecular formula is C25H23Cl2FN2O5S2. The third-order valence-electron chi connectivity index (χ3n) is 5.34. The van der Waals surface area contributed by atoms with E-state index in [0.29, 0.717) is 52.8 Å². The summed E-state index contributed by atoms with van der Waals surface area (Å²) in [7, 11) is -4.19. The number of amides is 1. The molecule has 0 fully saturated rings. The molecule has 1 heterocycles. The molecule has 4 rings (SSSR count). The van der Waals surface area contributed by atoms with Gasteiger partial charge in [-0.1, -0.05) is 29.3 Å². The number of thioether (sulfide) groups is 1. The number of benzene rings is 3. The van der Waals surface area contributed by atoms with Crippen LogP contribution in [0.3, 0.4) is 0 Å². The topological polar surface area (TPSA) is 84.9 Å². The van der Waals surface area contributed by atoms with Crippen LogP contribution in [0.5, 0.6) is 11.5 Å². The van der Waals surface area contributed by atoms with E-state index in [2.05, 4.69) is 5.32 Å². The Kier molecular flexibility index (Phi) is 9.07. The van der Waals surface area contributed by atoms with Gasteiger partial charge in [-0.25, -0.2) is 12.8 Å². The van der Waals surface area contributed by atoms with Gasteiger partial charge in [-0.3, -0.25) is 9.10 Å². The Morgan fingerprint density at radius 1 is 1.00 bits per heavy atom. The minimum Gasteiger partial charge on any atom is -0.486 e. The molecule has 3 aromatic carbocycles. The molecular weight excluding hydrogens is 562 g/mol. The fraction of sp³-hybridized carbons (Fsp3) is 0.240. The van der Waals surface area contributed by atoms with Crippen LogP contribution < -0.4 is 19.1 Å². The van der Waals surface area contributed by atoms with Crippen LogP contribution in [0.15, 0.2) is 65.6 Å². The Balaban J connectivity index is 1.42. The summed E-state index contributed by atoms with van der Waals surface area (Å²) in [5.41, 5.74) is 1.08. The number of carbonyl (C=O) groups excluding carboxylic acids is 1. The number of nitrogens with one attached hydrogen (secondary N) is 1. The van der Waals surface area contributed by atoms with E-state index in [1.165, 1.54) is 30.3 Å². The lowest BCUT2D eigenvalue weighted by molar-refractivity contribution is -0.119. The molecule has 0 aromatic heterocycles. The number of anilines is 1. The van der Waals surface area contributed by atoms with Crippen LogP contribution >= 0.6 is 35.0 Å². The monoisotopic (exact) mass is 584 g/mol. The zero-order valence-electron chi connectivity index (χ0n) is 19.5. The molecule has 0 saturated carbocycles. The first-order chi connectivity index (χ1) is 17.7. The van der Waals surface area contributed by atoms with Gasteiger partial charge in [0.2, 0.25) is 5.91 Å². The molecule has 0 unspecified atom stereocenters. The van der Waals surface area contributed by atoms with Crippen LogP contribution in [-0.4, -0.2) is 46.4 Å². The lowest BCUT2D eigenvalue weighted by atomic mass is 10.2. The number of carbonyl (C=O) groups is 1. The van der Waals surface area contributed by atoms with Gasteiger partial charge in [0, 0.05) is 34.2 Å². The minimum absolute atomic E-state index is 0.0794. The summed E-state index contributed by atoms with van der Waals surface area (Å²) < 4.78 is 52.6. The SMILES string of the molecule is O=C(CN(c1ccc(F)cc1)S(=O)(=O)c1ccc2c(c1)OCCO2)NCCSCc1ccc(Cl)cc1Cl. The van der Waals surface area contributed by atoms with Gasteiger partial charge in [-0.2, -0.15) is 11.8 Å². The van der Waals surface area contributed by atoms with Crippen LogP contribution in [0, 0.1) is 5.82 Å². The van der Waals surface area contributed by atoms with Gasteiger partial charge >= 0.3 is 0 Å². The molecule has 0 atom stereocenters. The highest BCUT2D eigenvalue weighted by atomic mass is 35.5. The molecule has 0 radical (unpaired) electrons. The average molecular weight is 586 g/mol. The summed E-state index contributed by atoms with van der Waals surface area (Å²) >= 11 is 13.7. The van der Waals surface area contributed by atoms with Gasteiger partial charge in [0.1, 0.15) is 25.6 Å². The first kappa shape index (κ1) is 27.4. The predicted molar refractivity (Wildman–Crippen MR) is 144 cm³/mol. The molecule has 196 valence electrons.